The van der Waals surface area contributed by atoms with E-state index in [0.717, 1.165) is 21.8 Å². The lowest BCUT2D eigenvalue weighted by atomic mass is 10.1. The van der Waals surface area contributed by atoms with Crippen molar-refractivity contribution >= 4 is 27.6 Å². The Morgan fingerprint density at radius 3 is 2.69 bits per heavy atom. The number of aromatic amines is 1. The van der Waals surface area contributed by atoms with Crippen molar-refractivity contribution in [2.24, 2.45) is 0 Å². The van der Waals surface area contributed by atoms with Gasteiger partial charge in [0.15, 0.2) is 11.7 Å². The number of rotatable bonds is 5. The number of ketones is 1. The van der Waals surface area contributed by atoms with Crippen molar-refractivity contribution in [1.29, 1.82) is 5.26 Å². The van der Waals surface area contributed by atoms with Crippen molar-refractivity contribution in [2.45, 2.75) is 5.92 Å². The molecule has 4 aromatic rings. The molecule has 4 rings (SSSR count). The molecule has 0 aliphatic rings. The third kappa shape index (κ3) is 2.89. The first-order chi connectivity index (χ1) is 12.8. The Bertz CT molecular complexity index is 1100. The first kappa shape index (κ1) is 15.9. The van der Waals surface area contributed by atoms with E-state index in [2.05, 4.69) is 9.97 Å². The minimum Gasteiger partial charge on any atom is -0.485 e. The second-order valence-electron chi connectivity index (χ2n) is 5.93. The summed E-state index contributed by atoms with van der Waals surface area (Å²) in [6.45, 7) is -0.191. The van der Waals surface area contributed by atoms with Crippen LogP contribution in [-0.4, -0.2) is 22.4 Å². The molecule has 0 fully saturated rings. The van der Waals surface area contributed by atoms with E-state index < -0.39 is 5.92 Å². The third-order valence-corrected chi connectivity index (χ3v) is 4.25. The zero-order valence-electron chi connectivity index (χ0n) is 13.8. The summed E-state index contributed by atoms with van der Waals surface area (Å²) >= 11 is 0. The molecular weight excluding hydrogens is 326 g/mol. The van der Waals surface area contributed by atoms with E-state index in [1.165, 1.54) is 0 Å². The molecule has 126 valence electrons. The number of aromatic nitrogens is 2. The summed E-state index contributed by atoms with van der Waals surface area (Å²) in [4.78, 5) is 20.0. The number of imidazole rings is 1. The van der Waals surface area contributed by atoms with Crippen LogP contribution >= 0.6 is 0 Å². The van der Waals surface area contributed by atoms with Crippen LogP contribution in [0.5, 0.6) is 5.75 Å². The van der Waals surface area contributed by atoms with Gasteiger partial charge in [0.2, 0.25) is 0 Å². The van der Waals surface area contributed by atoms with Crippen molar-refractivity contribution in [1.82, 2.24) is 9.97 Å². The first-order valence-corrected chi connectivity index (χ1v) is 8.24. The van der Waals surface area contributed by atoms with Gasteiger partial charge in [0.1, 0.15) is 18.2 Å². The number of benzene rings is 3. The van der Waals surface area contributed by atoms with Gasteiger partial charge in [0.25, 0.3) is 0 Å². The van der Waals surface area contributed by atoms with E-state index >= 15 is 0 Å². The summed E-state index contributed by atoms with van der Waals surface area (Å²) in [6.07, 6.45) is 0. The summed E-state index contributed by atoms with van der Waals surface area (Å²) in [6, 6.07) is 22.9. The average Bonchev–Trinajstić information content (AvgIpc) is 3.10. The van der Waals surface area contributed by atoms with E-state index in [4.69, 9.17) is 4.74 Å². The molecule has 0 aliphatic carbocycles. The van der Waals surface area contributed by atoms with Crippen molar-refractivity contribution in [2.75, 3.05) is 6.61 Å². The molecule has 0 spiro atoms. The van der Waals surface area contributed by atoms with Crippen LogP contribution in [0, 0.1) is 11.3 Å². The number of fused-ring (bicyclic) bond motifs is 2. The number of Topliss-reactive ketones (excluding diaryl/α,β-unsaturated/α-hetero) is 1. The molecule has 5 heteroatoms. The second-order valence-corrected chi connectivity index (χ2v) is 5.93. The summed E-state index contributed by atoms with van der Waals surface area (Å²) in [5, 5.41) is 11.4. The van der Waals surface area contributed by atoms with Crippen LogP contribution in [0.4, 0.5) is 0 Å². The number of nitriles is 1. The highest BCUT2D eigenvalue weighted by Gasteiger charge is 2.24. The maximum Gasteiger partial charge on any atom is 0.194 e. The number of nitrogens with one attached hydrogen (secondary N) is 1. The van der Waals surface area contributed by atoms with Gasteiger partial charge in [-0.1, -0.05) is 48.5 Å². The predicted molar refractivity (Wildman–Crippen MR) is 98.9 cm³/mol. The molecule has 3 aromatic carbocycles. The fraction of sp³-hybridized carbons (Fsp3) is 0.0952. The Morgan fingerprint density at radius 1 is 1.08 bits per heavy atom. The smallest absolute Gasteiger partial charge is 0.194 e. The molecule has 1 aromatic heterocycles. The van der Waals surface area contributed by atoms with Gasteiger partial charge >= 0.3 is 0 Å². The fourth-order valence-corrected chi connectivity index (χ4v) is 2.95. The number of hydrogen-bond acceptors (Lipinski definition) is 4. The van der Waals surface area contributed by atoms with Crippen LogP contribution in [0.3, 0.4) is 0 Å². The molecular formula is C21H15N3O2. The lowest BCUT2D eigenvalue weighted by molar-refractivity contribution is -0.121. The Labute approximate surface area is 149 Å². The van der Waals surface area contributed by atoms with Crippen molar-refractivity contribution in [3.63, 3.8) is 0 Å². The monoisotopic (exact) mass is 341 g/mol. The molecule has 0 saturated carbocycles. The number of carbonyl (C=O) groups excluding carboxylic acids is 1. The van der Waals surface area contributed by atoms with E-state index in [0.29, 0.717) is 11.6 Å². The van der Waals surface area contributed by atoms with Crippen LogP contribution in [0.15, 0.2) is 66.7 Å². The Hall–Kier alpha value is -3.65. The Kier molecular flexibility index (Phi) is 4.08. The topological polar surface area (TPSA) is 78.8 Å². The van der Waals surface area contributed by atoms with Crippen LogP contribution in [-0.2, 0) is 4.79 Å². The maximum absolute atomic E-state index is 12.6. The lowest BCUT2D eigenvalue weighted by Crippen LogP contribution is -2.20. The Morgan fingerprint density at radius 2 is 1.85 bits per heavy atom. The third-order valence-electron chi connectivity index (χ3n) is 4.25. The van der Waals surface area contributed by atoms with E-state index in [1.54, 1.807) is 0 Å². The van der Waals surface area contributed by atoms with E-state index in [1.807, 2.05) is 72.8 Å². The number of ether oxygens (including phenoxy) is 1. The van der Waals surface area contributed by atoms with Crippen molar-refractivity contribution in [3.8, 4) is 11.8 Å². The zero-order valence-corrected chi connectivity index (χ0v) is 13.8. The quantitative estimate of drug-likeness (QED) is 0.596. The van der Waals surface area contributed by atoms with Crippen LogP contribution in [0.25, 0.3) is 21.8 Å². The van der Waals surface area contributed by atoms with Gasteiger partial charge in [-0.25, -0.2) is 4.98 Å². The van der Waals surface area contributed by atoms with Gasteiger partial charge in [-0.3, -0.25) is 4.79 Å². The van der Waals surface area contributed by atoms with Crippen LogP contribution in [0.1, 0.15) is 11.7 Å². The van der Waals surface area contributed by atoms with Gasteiger partial charge in [-0.05, 0) is 23.6 Å². The molecule has 5 nitrogen and oxygen atoms in total. The molecule has 0 aliphatic heterocycles. The van der Waals surface area contributed by atoms with Crippen molar-refractivity contribution in [3.05, 3.63) is 72.6 Å². The number of carbonyl (C=O) groups is 1. The van der Waals surface area contributed by atoms with Gasteiger partial charge in [0, 0.05) is 5.39 Å². The molecule has 0 bridgehead atoms. The maximum atomic E-state index is 12.6. The molecule has 0 amide bonds. The predicted octanol–water partition coefficient (Wildman–Crippen LogP) is 3.97. The fourth-order valence-electron chi connectivity index (χ4n) is 2.95. The van der Waals surface area contributed by atoms with Gasteiger partial charge < -0.3 is 9.72 Å². The summed E-state index contributed by atoms with van der Waals surface area (Å²) in [5.41, 5.74) is 1.52. The highest BCUT2D eigenvalue weighted by Crippen LogP contribution is 2.26. The van der Waals surface area contributed by atoms with Gasteiger partial charge in [-0.2, -0.15) is 5.26 Å². The largest absolute Gasteiger partial charge is 0.485 e. The highest BCUT2D eigenvalue weighted by molar-refractivity contribution is 5.91. The molecule has 0 unspecified atom stereocenters. The first-order valence-electron chi connectivity index (χ1n) is 8.24. The molecule has 26 heavy (non-hydrogen) atoms. The molecule has 0 saturated heterocycles. The second kappa shape index (κ2) is 6.69. The number of H-pyrrole nitrogens is 1. The van der Waals surface area contributed by atoms with E-state index in [-0.39, 0.29) is 12.4 Å². The number of nitrogens with zero attached hydrogens (tertiary/aromatic N) is 2. The normalized spacial score (nSPS) is 12.0. The molecule has 1 heterocycles. The summed E-state index contributed by atoms with van der Waals surface area (Å²) in [7, 11) is 0. The van der Waals surface area contributed by atoms with E-state index in [9.17, 15) is 10.1 Å². The summed E-state index contributed by atoms with van der Waals surface area (Å²) < 4.78 is 5.72. The minimum atomic E-state index is -0.989. The average molecular weight is 341 g/mol. The molecule has 1 N–H and O–H groups in total. The number of hydrogen-bond donors (Lipinski definition) is 1. The molecule has 0 radical (unpaired) electrons. The van der Waals surface area contributed by atoms with Gasteiger partial charge in [0.05, 0.1) is 17.1 Å². The van der Waals surface area contributed by atoms with Crippen LogP contribution in [0.2, 0.25) is 0 Å². The number of para-hydroxylation sites is 2. The van der Waals surface area contributed by atoms with Crippen molar-refractivity contribution < 1.29 is 9.53 Å². The summed E-state index contributed by atoms with van der Waals surface area (Å²) in [5.74, 6) is -0.352. The standard InChI is InChI=1S/C21H15N3O2/c22-12-16(21-23-17-9-3-4-10-18(17)24-21)19(25)13-26-20-11-5-7-14-6-1-2-8-15(14)20/h1-11,16H,13H2,(H,23,24)/t16-/m1/s1. The lowest BCUT2D eigenvalue weighted by Gasteiger charge is -2.10. The highest BCUT2D eigenvalue weighted by atomic mass is 16.5. The zero-order chi connectivity index (χ0) is 17.9. The van der Waals surface area contributed by atoms with Crippen LogP contribution < -0.4 is 4.74 Å². The SMILES string of the molecule is N#C[C@H](C(=O)COc1cccc2ccccc12)c1nc2ccccc2[nH]1. The van der Waals surface area contributed by atoms with Gasteiger partial charge in [-0.15, -0.1) is 0 Å². The Balaban J connectivity index is 1.55. The molecule has 1 atom stereocenters. The minimum absolute atomic E-state index is 0.191.